The van der Waals surface area contributed by atoms with Crippen LogP contribution in [-0.4, -0.2) is 22.1 Å². The number of aryl methyl sites for hydroxylation is 1. The molecule has 3 aromatic rings. The molecule has 5 nitrogen and oxygen atoms in total. The van der Waals surface area contributed by atoms with Crippen molar-refractivity contribution in [3.05, 3.63) is 83.7 Å². The number of hydrogen-bond donors (Lipinski definition) is 1. The lowest BCUT2D eigenvalue weighted by molar-refractivity contribution is 0.412. The van der Waals surface area contributed by atoms with E-state index in [1.54, 1.807) is 19.5 Å². The van der Waals surface area contributed by atoms with Gasteiger partial charge >= 0.3 is 0 Å². The Labute approximate surface area is 148 Å². The summed E-state index contributed by atoms with van der Waals surface area (Å²) in [5.41, 5.74) is 3.90. The Balaban J connectivity index is 1.96. The quantitative estimate of drug-likeness (QED) is 0.746. The molecular weight excluding hydrogens is 312 g/mol. The number of methoxy groups -OCH3 is 1. The molecule has 0 fully saturated rings. The van der Waals surface area contributed by atoms with Crippen molar-refractivity contribution >= 4 is 0 Å². The minimum atomic E-state index is -0.0762. The van der Waals surface area contributed by atoms with Crippen molar-refractivity contribution in [1.82, 2.24) is 20.3 Å². The first-order valence-corrected chi connectivity index (χ1v) is 8.27. The number of pyridine rings is 1. The molecule has 0 bridgehead atoms. The number of rotatable bonds is 6. The van der Waals surface area contributed by atoms with Gasteiger partial charge in [-0.2, -0.15) is 0 Å². The third-order valence-electron chi connectivity index (χ3n) is 4.16. The van der Waals surface area contributed by atoms with Crippen molar-refractivity contribution in [1.29, 1.82) is 0 Å². The highest BCUT2D eigenvalue weighted by atomic mass is 16.5. The van der Waals surface area contributed by atoms with Gasteiger partial charge in [0.25, 0.3) is 0 Å². The van der Waals surface area contributed by atoms with Crippen LogP contribution in [0, 0.1) is 6.92 Å². The first-order chi connectivity index (χ1) is 12.2. The molecule has 0 saturated heterocycles. The van der Waals surface area contributed by atoms with E-state index in [1.807, 2.05) is 49.5 Å². The summed E-state index contributed by atoms with van der Waals surface area (Å²) in [6.07, 6.45) is 5.24. The Bertz CT molecular complexity index is 823. The van der Waals surface area contributed by atoms with E-state index in [9.17, 15) is 0 Å². The number of nitrogens with zero attached hydrogens (tertiary/aromatic N) is 3. The third kappa shape index (κ3) is 4.00. The summed E-state index contributed by atoms with van der Waals surface area (Å²) in [7, 11) is 1.67. The molecule has 2 aromatic heterocycles. The van der Waals surface area contributed by atoms with Gasteiger partial charge in [-0.1, -0.05) is 18.2 Å². The predicted molar refractivity (Wildman–Crippen MR) is 97.4 cm³/mol. The van der Waals surface area contributed by atoms with Gasteiger partial charge in [0.05, 0.1) is 30.2 Å². The first-order valence-electron chi connectivity index (χ1n) is 8.27. The summed E-state index contributed by atoms with van der Waals surface area (Å²) in [4.78, 5) is 13.4. The van der Waals surface area contributed by atoms with Crippen LogP contribution in [0.25, 0.3) is 0 Å². The number of ether oxygens (including phenoxy) is 1. The fourth-order valence-corrected chi connectivity index (χ4v) is 2.89. The van der Waals surface area contributed by atoms with Gasteiger partial charge in [-0.25, -0.2) is 0 Å². The average molecular weight is 334 g/mol. The molecule has 2 atom stereocenters. The zero-order valence-electron chi connectivity index (χ0n) is 14.7. The summed E-state index contributed by atoms with van der Waals surface area (Å²) in [6, 6.07) is 13.9. The molecule has 0 radical (unpaired) electrons. The van der Waals surface area contributed by atoms with Crippen LogP contribution in [0.1, 0.15) is 41.7 Å². The summed E-state index contributed by atoms with van der Waals surface area (Å²) in [5.74, 6) is 0.823. The highest BCUT2D eigenvalue weighted by Crippen LogP contribution is 2.27. The van der Waals surface area contributed by atoms with E-state index in [0.29, 0.717) is 0 Å². The summed E-state index contributed by atoms with van der Waals surface area (Å²) < 4.78 is 5.38. The van der Waals surface area contributed by atoms with Crippen molar-refractivity contribution in [2.75, 3.05) is 7.11 Å². The van der Waals surface area contributed by atoms with Gasteiger partial charge in [-0.05, 0) is 43.7 Å². The maximum absolute atomic E-state index is 5.38. The second kappa shape index (κ2) is 7.85. The lowest BCUT2D eigenvalue weighted by Crippen LogP contribution is -2.27. The second-order valence-electron chi connectivity index (χ2n) is 5.88. The summed E-state index contributed by atoms with van der Waals surface area (Å²) >= 11 is 0. The maximum Gasteiger partial charge on any atom is 0.119 e. The molecule has 0 spiro atoms. The Kier molecular flexibility index (Phi) is 5.36. The van der Waals surface area contributed by atoms with Crippen LogP contribution in [0.4, 0.5) is 0 Å². The van der Waals surface area contributed by atoms with Crippen LogP contribution in [0.3, 0.4) is 0 Å². The van der Waals surface area contributed by atoms with Gasteiger partial charge in [-0.3, -0.25) is 20.3 Å². The van der Waals surface area contributed by atoms with Gasteiger partial charge in [0.15, 0.2) is 0 Å². The first kappa shape index (κ1) is 17.0. The smallest absolute Gasteiger partial charge is 0.119 e. The fraction of sp³-hybridized carbons (Fsp3) is 0.250. The van der Waals surface area contributed by atoms with Gasteiger partial charge in [0.2, 0.25) is 0 Å². The maximum atomic E-state index is 5.38. The van der Waals surface area contributed by atoms with E-state index >= 15 is 0 Å². The third-order valence-corrected chi connectivity index (χ3v) is 4.16. The predicted octanol–water partition coefficient (Wildman–Crippen LogP) is 3.63. The van der Waals surface area contributed by atoms with Crippen molar-refractivity contribution in [3.8, 4) is 5.75 Å². The molecular formula is C20H22N4O. The van der Waals surface area contributed by atoms with Crippen molar-refractivity contribution in [3.63, 3.8) is 0 Å². The largest absolute Gasteiger partial charge is 0.497 e. The minimum Gasteiger partial charge on any atom is -0.497 e. The zero-order chi connectivity index (χ0) is 17.6. The van der Waals surface area contributed by atoms with Gasteiger partial charge in [0, 0.05) is 24.6 Å². The van der Waals surface area contributed by atoms with E-state index in [2.05, 4.69) is 33.3 Å². The molecule has 0 amide bonds. The number of aromatic nitrogens is 3. The molecule has 0 aliphatic heterocycles. The molecule has 2 heterocycles. The normalized spacial score (nSPS) is 13.2. The van der Waals surface area contributed by atoms with Gasteiger partial charge in [0.1, 0.15) is 5.75 Å². The van der Waals surface area contributed by atoms with Crippen molar-refractivity contribution < 1.29 is 4.74 Å². The standard InChI is InChI=1S/C20H22N4O/c1-14-19(23-12-11-21-14)15(2)24-20(18-9-4-5-10-22-18)16-7-6-8-17(13-16)25-3/h4-13,15,20,24H,1-3H3/t15-,20-/m1/s1. The van der Waals surface area contributed by atoms with E-state index in [1.165, 1.54) is 0 Å². The zero-order valence-corrected chi connectivity index (χ0v) is 14.7. The number of benzene rings is 1. The summed E-state index contributed by atoms with van der Waals surface area (Å²) in [5, 5.41) is 3.64. The monoisotopic (exact) mass is 334 g/mol. The van der Waals surface area contributed by atoms with Crippen molar-refractivity contribution in [2.24, 2.45) is 0 Å². The molecule has 5 heteroatoms. The van der Waals surface area contributed by atoms with E-state index in [4.69, 9.17) is 4.74 Å². The Morgan fingerprint density at radius 1 is 0.960 bits per heavy atom. The van der Waals surface area contributed by atoms with Crippen LogP contribution >= 0.6 is 0 Å². The van der Waals surface area contributed by atoms with Gasteiger partial charge in [-0.15, -0.1) is 0 Å². The minimum absolute atomic E-state index is 0.0203. The SMILES string of the molecule is COc1cccc([C@@H](N[C@H](C)c2nccnc2C)c2ccccn2)c1. The Hall–Kier alpha value is -2.79. The average Bonchev–Trinajstić information content (AvgIpc) is 2.67. The molecule has 0 aliphatic carbocycles. The lowest BCUT2D eigenvalue weighted by Gasteiger charge is -2.24. The molecule has 25 heavy (non-hydrogen) atoms. The van der Waals surface area contributed by atoms with Crippen LogP contribution in [-0.2, 0) is 0 Å². The molecule has 1 N–H and O–H groups in total. The highest BCUT2D eigenvalue weighted by molar-refractivity contribution is 5.35. The van der Waals surface area contributed by atoms with Crippen molar-refractivity contribution in [2.45, 2.75) is 25.9 Å². The van der Waals surface area contributed by atoms with Crippen LogP contribution in [0.2, 0.25) is 0 Å². The molecule has 1 aromatic carbocycles. The topological polar surface area (TPSA) is 59.9 Å². The van der Waals surface area contributed by atoms with Crippen LogP contribution in [0.5, 0.6) is 5.75 Å². The number of nitrogens with one attached hydrogen (secondary N) is 1. The molecule has 3 rings (SSSR count). The van der Waals surface area contributed by atoms with Crippen LogP contribution < -0.4 is 10.1 Å². The fourth-order valence-electron chi connectivity index (χ4n) is 2.89. The Morgan fingerprint density at radius 2 is 1.80 bits per heavy atom. The highest BCUT2D eigenvalue weighted by Gasteiger charge is 2.20. The molecule has 0 saturated carbocycles. The second-order valence-corrected chi connectivity index (χ2v) is 5.88. The summed E-state index contributed by atoms with van der Waals surface area (Å²) in [6.45, 7) is 4.06. The molecule has 0 aliphatic rings. The van der Waals surface area contributed by atoms with E-state index < -0.39 is 0 Å². The van der Waals surface area contributed by atoms with Gasteiger partial charge < -0.3 is 4.74 Å². The molecule has 0 unspecified atom stereocenters. The Morgan fingerprint density at radius 3 is 2.52 bits per heavy atom. The van der Waals surface area contributed by atoms with E-state index in [0.717, 1.165) is 28.4 Å². The number of hydrogen-bond acceptors (Lipinski definition) is 5. The van der Waals surface area contributed by atoms with E-state index in [-0.39, 0.29) is 12.1 Å². The lowest BCUT2D eigenvalue weighted by atomic mass is 10.0. The molecule has 128 valence electrons. The van der Waals surface area contributed by atoms with Crippen LogP contribution in [0.15, 0.2) is 61.1 Å².